The van der Waals surface area contributed by atoms with Gasteiger partial charge in [-0.1, -0.05) is 30.3 Å². The van der Waals surface area contributed by atoms with Crippen molar-refractivity contribution in [1.82, 2.24) is 0 Å². The Labute approximate surface area is 149 Å². The molecule has 0 unspecified atom stereocenters. The minimum atomic E-state index is -0.718. The molecule has 0 aliphatic rings. The van der Waals surface area contributed by atoms with Crippen molar-refractivity contribution in [2.24, 2.45) is 0 Å². The van der Waals surface area contributed by atoms with E-state index in [4.69, 9.17) is 14.2 Å². The first-order valence-corrected chi connectivity index (χ1v) is 8.48. The summed E-state index contributed by atoms with van der Waals surface area (Å²) in [5.41, 5.74) is 2.43. The average Bonchev–Trinajstić information content (AvgIpc) is 2.62. The SMILES string of the molecule is CCN(CCOCCOC(=O)Oc1ccccc1)c1cccc(C)c1. The molecule has 0 bridgehead atoms. The Morgan fingerprint density at radius 3 is 2.52 bits per heavy atom. The zero-order chi connectivity index (χ0) is 17.9. The van der Waals surface area contributed by atoms with Crippen molar-refractivity contribution in [3.63, 3.8) is 0 Å². The van der Waals surface area contributed by atoms with E-state index in [2.05, 4.69) is 43.0 Å². The molecule has 0 aromatic heterocycles. The van der Waals surface area contributed by atoms with Crippen LogP contribution < -0.4 is 9.64 Å². The summed E-state index contributed by atoms with van der Waals surface area (Å²) >= 11 is 0. The highest BCUT2D eigenvalue weighted by Crippen LogP contribution is 2.15. The Morgan fingerprint density at radius 1 is 1.00 bits per heavy atom. The van der Waals surface area contributed by atoms with Gasteiger partial charge in [0.2, 0.25) is 0 Å². The molecule has 25 heavy (non-hydrogen) atoms. The van der Waals surface area contributed by atoms with E-state index in [1.54, 1.807) is 24.3 Å². The van der Waals surface area contributed by atoms with Crippen LogP contribution in [0.5, 0.6) is 5.75 Å². The normalized spacial score (nSPS) is 10.3. The van der Waals surface area contributed by atoms with Gasteiger partial charge in [0.1, 0.15) is 12.4 Å². The van der Waals surface area contributed by atoms with Gasteiger partial charge in [0.15, 0.2) is 0 Å². The van der Waals surface area contributed by atoms with Crippen molar-refractivity contribution in [2.75, 3.05) is 37.8 Å². The van der Waals surface area contributed by atoms with Crippen LogP contribution in [0, 0.1) is 6.92 Å². The fraction of sp³-hybridized carbons (Fsp3) is 0.350. The van der Waals surface area contributed by atoms with Crippen LogP contribution in [-0.2, 0) is 9.47 Å². The van der Waals surface area contributed by atoms with Crippen molar-refractivity contribution < 1.29 is 19.0 Å². The van der Waals surface area contributed by atoms with Gasteiger partial charge in [-0.05, 0) is 43.7 Å². The summed E-state index contributed by atoms with van der Waals surface area (Å²) in [7, 11) is 0. The molecule has 0 saturated heterocycles. The first-order chi connectivity index (χ1) is 12.2. The van der Waals surface area contributed by atoms with Crippen LogP contribution in [0.4, 0.5) is 10.5 Å². The molecule has 0 heterocycles. The highest BCUT2D eigenvalue weighted by molar-refractivity contribution is 5.63. The number of ether oxygens (including phenoxy) is 3. The molecule has 2 aromatic rings. The maximum Gasteiger partial charge on any atom is 0.513 e. The number of carbonyl (C=O) groups excluding carboxylic acids is 1. The minimum absolute atomic E-state index is 0.169. The third-order valence-electron chi connectivity index (χ3n) is 3.65. The molecule has 2 aromatic carbocycles. The fourth-order valence-corrected chi connectivity index (χ4v) is 2.37. The molecule has 0 radical (unpaired) electrons. The molecule has 134 valence electrons. The second-order valence-corrected chi connectivity index (χ2v) is 5.54. The van der Waals surface area contributed by atoms with Crippen LogP contribution in [0.3, 0.4) is 0 Å². The topological polar surface area (TPSA) is 48.0 Å². The maximum atomic E-state index is 11.5. The summed E-state index contributed by atoms with van der Waals surface area (Å²) in [6, 6.07) is 17.2. The largest absolute Gasteiger partial charge is 0.513 e. The lowest BCUT2D eigenvalue weighted by atomic mass is 10.2. The van der Waals surface area contributed by atoms with Crippen molar-refractivity contribution in [2.45, 2.75) is 13.8 Å². The molecule has 0 fully saturated rings. The molecule has 0 aliphatic carbocycles. The Balaban J connectivity index is 1.60. The molecule has 2 rings (SSSR count). The summed E-state index contributed by atoms with van der Waals surface area (Å²) < 4.78 is 15.5. The predicted octanol–water partition coefficient (Wildman–Crippen LogP) is 4.05. The van der Waals surface area contributed by atoms with Crippen LogP contribution in [0.15, 0.2) is 54.6 Å². The third kappa shape index (κ3) is 6.85. The van der Waals surface area contributed by atoms with Crippen molar-refractivity contribution >= 4 is 11.8 Å². The molecule has 0 spiro atoms. The quantitative estimate of drug-likeness (QED) is 0.390. The summed E-state index contributed by atoms with van der Waals surface area (Å²) in [6.07, 6.45) is -0.718. The highest BCUT2D eigenvalue weighted by atomic mass is 16.7. The third-order valence-corrected chi connectivity index (χ3v) is 3.65. The minimum Gasteiger partial charge on any atom is -0.432 e. The fourth-order valence-electron chi connectivity index (χ4n) is 2.37. The summed E-state index contributed by atoms with van der Waals surface area (Å²) in [5.74, 6) is 0.463. The van der Waals surface area contributed by atoms with Crippen LogP contribution in [-0.4, -0.2) is 39.1 Å². The Morgan fingerprint density at radius 2 is 1.80 bits per heavy atom. The number of anilines is 1. The monoisotopic (exact) mass is 343 g/mol. The first-order valence-electron chi connectivity index (χ1n) is 8.48. The number of rotatable bonds is 9. The standard InChI is InChI=1S/C20H25NO4/c1-3-21(18-9-7-8-17(2)16-18)12-13-23-14-15-24-20(22)25-19-10-5-4-6-11-19/h4-11,16H,3,12-15H2,1-2H3. The molecule has 0 amide bonds. The second kappa shape index (κ2) is 10.4. The zero-order valence-electron chi connectivity index (χ0n) is 14.8. The van der Waals surface area contributed by atoms with E-state index < -0.39 is 6.16 Å². The van der Waals surface area contributed by atoms with Gasteiger partial charge in [-0.2, -0.15) is 0 Å². The molecule has 0 N–H and O–H groups in total. The summed E-state index contributed by atoms with van der Waals surface area (Å²) in [5, 5.41) is 0. The number of hydrogen-bond acceptors (Lipinski definition) is 5. The van der Waals surface area contributed by atoms with Crippen LogP contribution in [0.2, 0.25) is 0 Å². The number of carbonyl (C=O) groups is 1. The smallest absolute Gasteiger partial charge is 0.432 e. The lowest BCUT2D eigenvalue weighted by Gasteiger charge is -2.23. The first kappa shape index (κ1) is 18.8. The molecule has 0 saturated carbocycles. The van der Waals surface area contributed by atoms with E-state index in [-0.39, 0.29) is 6.61 Å². The zero-order valence-corrected chi connectivity index (χ0v) is 14.8. The van der Waals surface area contributed by atoms with Gasteiger partial charge in [-0.25, -0.2) is 4.79 Å². The van der Waals surface area contributed by atoms with Crippen LogP contribution in [0.25, 0.3) is 0 Å². The van der Waals surface area contributed by atoms with E-state index in [0.717, 1.165) is 13.1 Å². The lowest BCUT2D eigenvalue weighted by Crippen LogP contribution is -2.27. The number of benzene rings is 2. The van der Waals surface area contributed by atoms with E-state index in [0.29, 0.717) is 19.0 Å². The number of nitrogens with zero attached hydrogens (tertiary/aromatic N) is 1. The lowest BCUT2D eigenvalue weighted by molar-refractivity contribution is 0.0541. The van der Waals surface area contributed by atoms with Crippen molar-refractivity contribution in [3.05, 3.63) is 60.2 Å². The van der Waals surface area contributed by atoms with Crippen LogP contribution >= 0.6 is 0 Å². The molecular weight excluding hydrogens is 318 g/mol. The van der Waals surface area contributed by atoms with Crippen molar-refractivity contribution in [3.8, 4) is 5.75 Å². The molecule has 0 atom stereocenters. The van der Waals surface area contributed by atoms with Gasteiger partial charge in [-0.3, -0.25) is 0 Å². The predicted molar refractivity (Wildman–Crippen MR) is 98.3 cm³/mol. The van der Waals surface area contributed by atoms with E-state index in [1.165, 1.54) is 11.3 Å². The highest BCUT2D eigenvalue weighted by Gasteiger charge is 2.06. The molecule has 5 heteroatoms. The van der Waals surface area contributed by atoms with Gasteiger partial charge < -0.3 is 19.1 Å². The number of aryl methyl sites for hydroxylation is 1. The average molecular weight is 343 g/mol. The van der Waals surface area contributed by atoms with Gasteiger partial charge in [-0.15, -0.1) is 0 Å². The summed E-state index contributed by atoms with van der Waals surface area (Å²) in [4.78, 5) is 13.8. The molecule has 0 aliphatic heterocycles. The number of hydrogen-bond donors (Lipinski definition) is 0. The second-order valence-electron chi connectivity index (χ2n) is 5.54. The van der Waals surface area contributed by atoms with Crippen molar-refractivity contribution in [1.29, 1.82) is 0 Å². The Hall–Kier alpha value is -2.53. The Kier molecular flexibility index (Phi) is 7.79. The van der Waals surface area contributed by atoms with Gasteiger partial charge in [0, 0.05) is 18.8 Å². The van der Waals surface area contributed by atoms with E-state index in [9.17, 15) is 4.79 Å². The molecule has 5 nitrogen and oxygen atoms in total. The maximum absolute atomic E-state index is 11.5. The van der Waals surface area contributed by atoms with E-state index >= 15 is 0 Å². The number of para-hydroxylation sites is 1. The van der Waals surface area contributed by atoms with Gasteiger partial charge in [0.05, 0.1) is 13.2 Å². The van der Waals surface area contributed by atoms with Gasteiger partial charge in [0.25, 0.3) is 0 Å². The number of likely N-dealkylation sites (N-methyl/N-ethyl adjacent to an activating group) is 1. The van der Waals surface area contributed by atoms with Gasteiger partial charge >= 0.3 is 6.16 Å². The van der Waals surface area contributed by atoms with E-state index in [1.807, 2.05) is 6.07 Å². The Bertz CT molecular complexity index is 645. The van der Waals surface area contributed by atoms with Crippen LogP contribution in [0.1, 0.15) is 12.5 Å². The molecular formula is C20H25NO4. The summed E-state index contributed by atoms with van der Waals surface area (Å²) in [6.45, 7) is 6.97.